The standard InChI is InChI=1S/C12H21N3O/c1-3-6-14-12(16)10(2)15-7-4-5-11(8-13)9-15/h10-11H,3-7,9H2,1-2H3,(H,14,16). The second kappa shape index (κ2) is 6.49. The van der Waals surface area contributed by atoms with Crippen LogP contribution in [0.25, 0.3) is 0 Å². The molecule has 1 N–H and O–H groups in total. The maximum atomic E-state index is 11.8. The van der Waals surface area contributed by atoms with Gasteiger partial charge in [0.15, 0.2) is 0 Å². The van der Waals surface area contributed by atoms with Gasteiger partial charge in [-0.2, -0.15) is 5.26 Å². The summed E-state index contributed by atoms with van der Waals surface area (Å²) in [4.78, 5) is 13.9. The molecule has 1 aliphatic heterocycles. The molecule has 0 aromatic carbocycles. The van der Waals surface area contributed by atoms with Gasteiger partial charge >= 0.3 is 0 Å². The molecule has 0 aromatic heterocycles. The van der Waals surface area contributed by atoms with E-state index < -0.39 is 0 Å². The van der Waals surface area contributed by atoms with E-state index in [-0.39, 0.29) is 17.9 Å². The maximum absolute atomic E-state index is 11.8. The molecule has 0 aliphatic carbocycles. The van der Waals surface area contributed by atoms with E-state index >= 15 is 0 Å². The van der Waals surface area contributed by atoms with Crippen molar-refractivity contribution in [1.82, 2.24) is 10.2 Å². The Morgan fingerprint density at radius 1 is 1.69 bits per heavy atom. The number of nitrogens with zero attached hydrogens (tertiary/aromatic N) is 2. The number of rotatable bonds is 4. The maximum Gasteiger partial charge on any atom is 0.237 e. The van der Waals surface area contributed by atoms with Gasteiger partial charge in [-0.05, 0) is 32.7 Å². The summed E-state index contributed by atoms with van der Waals surface area (Å²) in [6, 6.07) is 2.19. The minimum Gasteiger partial charge on any atom is -0.355 e. The monoisotopic (exact) mass is 223 g/mol. The highest BCUT2D eigenvalue weighted by Gasteiger charge is 2.26. The smallest absolute Gasteiger partial charge is 0.237 e. The molecule has 1 fully saturated rings. The molecule has 4 nitrogen and oxygen atoms in total. The minimum absolute atomic E-state index is 0.0837. The van der Waals surface area contributed by atoms with Crippen molar-refractivity contribution in [1.29, 1.82) is 5.26 Å². The first-order chi connectivity index (χ1) is 7.69. The van der Waals surface area contributed by atoms with E-state index in [1.807, 2.05) is 13.8 Å². The average molecular weight is 223 g/mol. The second-order valence-corrected chi connectivity index (χ2v) is 4.43. The fraction of sp³-hybridized carbons (Fsp3) is 0.833. The van der Waals surface area contributed by atoms with Gasteiger partial charge in [0.05, 0.1) is 18.0 Å². The molecule has 0 bridgehead atoms. The van der Waals surface area contributed by atoms with Crippen molar-refractivity contribution in [3.05, 3.63) is 0 Å². The summed E-state index contributed by atoms with van der Waals surface area (Å²) in [5, 5.41) is 11.8. The molecular weight excluding hydrogens is 202 g/mol. The van der Waals surface area contributed by atoms with Crippen molar-refractivity contribution in [3.8, 4) is 6.07 Å². The largest absolute Gasteiger partial charge is 0.355 e. The van der Waals surface area contributed by atoms with Crippen LogP contribution in [0.15, 0.2) is 0 Å². The quantitative estimate of drug-likeness (QED) is 0.777. The van der Waals surface area contributed by atoms with Crippen molar-refractivity contribution in [2.75, 3.05) is 19.6 Å². The Labute approximate surface area is 97.6 Å². The van der Waals surface area contributed by atoms with Crippen LogP contribution in [0.3, 0.4) is 0 Å². The molecule has 0 aromatic rings. The van der Waals surface area contributed by atoms with E-state index in [0.29, 0.717) is 0 Å². The number of carbonyl (C=O) groups is 1. The Morgan fingerprint density at radius 3 is 3.06 bits per heavy atom. The normalized spacial score (nSPS) is 23.4. The van der Waals surface area contributed by atoms with Crippen molar-refractivity contribution >= 4 is 5.91 Å². The summed E-state index contributed by atoms with van der Waals surface area (Å²) >= 11 is 0. The van der Waals surface area contributed by atoms with E-state index in [1.54, 1.807) is 0 Å². The highest BCUT2D eigenvalue weighted by Crippen LogP contribution is 2.17. The number of amides is 1. The molecule has 1 rings (SSSR count). The van der Waals surface area contributed by atoms with Crippen LogP contribution in [0.4, 0.5) is 0 Å². The predicted molar refractivity (Wildman–Crippen MR) is 62.7 cm³/mol. The van der Waals surface area contributed by atoms with Crippen molar-refractivity contribution in [2.45, 2.75) is 39.2 Å². The Hall–Kier alpha value is -1.08. The summed E-state index contributed by atoms with van der Waals surface area (Å²) in [6.07, 6.45) is 2.94. The third kappa shape index (κ3) is 3.49. The van der Waals surface area contributed by atoms with Gasteiger partial charge in [0.25, 0.3) is 0 Å². The highest BCUT2D eigenvalue weighted by molar-refractivity contribution is 5.81. The second-order valence-electron chi connectivity index (χ2n) is 4.43. The van der Waals surface area contributed by atoms with Gasteiger partial charge in [0, 0.05) is 13.1 Å². The number of likely N-dealkylation sites (tertiary alicyclic amines) is 1. The zero-order valence-electron chi connectivity index (χ0n) is 10.2. The van der Waals surface area contributed by atoms with Crippen LogP contribution in [-0.2, 0) is 4.79 Å². The summed E-state index contributed by atoms with van der Waals surface area (Å²) in [5.41, 5.74) is 0. The first-order valence-corrected chi connectivity index (χ1v) is 6.10. The van der Waals surface area contributed by atoms with Crippen LogP contribution >= 0.6 is 0 Å². The molecular formula is C12H21N3O. The van der Waals surface area contributed by atoms with Gasteiger partial charge in [-0.15, -0.1) is 0 Å². The topological polar surface area (TPSA) is 56.1 Å². The molecule has 4 heteroatoms. The Kier molecular flexibility index (Phi) is 5.27. The molecule has 1 heterocycles. The fourth-order valence-electron chi connectivity index (χ4n) is 2.03. The number of nitriles is 1. The Bertz CT molecular complexity index is 272. The molecule has 1 aliphatic rings. The van der Waals surface area contributed by atoms with E-state index in [2.05, 4.69) is 16.3 Å². The van der Waals surface area contributed by atoms with E-state index in [0.717, 1.165) is 38.9 Å². The number of carbonyl (C=O) groups excluding carboxylic acids is 1. The first-order valence-electron chi connectivity index (χ1n) is 6.10. The lowest BCUT2D eigenvalue weighted by Crippen LogP contribution is -2.49. The van der Waals surface area contributed by atoms with Crippen LogP contribution in [0, 0.1) is 17.2 Å². The van der Waals surface area contributed by atoms with Crippen LogP contribution in [-0.4, -0.2) is 36.5 Å². The lowest BCUT2D eigenvalue weighted by molar-refractivity contribution is -0.126. The van der Waals surface area contributed by atoms with Crippen LogP contribution in [0.1, 0.15) is 33.1 Å². The van der Waals surface area contributed by atoms with Crippen LogP contribution in [0.2, 0.25) is 0 Å². The minimum atomic E-state index is -0.109. The molecule has 16 heavy (non-hydrogen) atoms. The van der Waals surface area contributed by atoms with Crippen molar-refractivity contribution < 1.29 is 4.79 Å². The Balaban J connectivity index is 2.43. The highest BCUT2D eigenvalue weighted by atomic mass is 16.2. The number of hydrogen-bond donors (Lipinski definition) is 1. The summed E-state index contributed by atoms with van der Waals surface area (Å²) in [6.45, 7) is 6.36. The molecule has 2 atom stereocenters. The van der Waals surface area contributed by atoms with Crippen LogP contribution < -0.4 is 5.32 Å². The van der Waals surface area contributed by atoms with Gasteiger partial charge < -0.3 is 5.32 Å². The summed E-state index contributed by atoms with van der Waals surface area (Å²) in [5.74, 6) is 0.176. The molecule has 0 saturated carbocycles. The molecule has 90 valence electrons. The van der Waals surface area contributed by atoms with Gasteiger partial charge in [-0.3, -0.25) is 9.69 Å². The van der Waals surface area contributed by atoms with Crippen molar-refractivity contribution in [2.24, 2.45) is 5.92 Å². The van der Waals surface area contributed by atoms with E-state index in [4.69, 9.17) is 5.26 Å². The molecule has 0 radical (unpaired) electrons. The van der Waals surface area contributed by atoms with Crippen molar-refractivity contribution in [3.63, 3.8) is 0 Å². The third-order valence-electron chi connectivity index (χ3n) is 3.11. The zero-order chi connectivity index (χ0) is 12.0. The lowest BCUT2D eigenvalue weighted by Gasteiger charge is -2.33. The predicted octanol–water partition coefficient (Wildman–Crippen LogP) is 1.14. The number of nitrogens with one attached hydrogen (secondary N) is 1. The molecule has 2 unspecified atom stereocenters. The zero-order valence-corrected chi connectivity index (χ0v) is 10.2. The van der Waals surface area contributed by atoms with E-state index in [9.17, 15) is 4.79 Å². The molecule has 0 spiro atoms. The lowest BCUT2D eigenvalue weighted by atomic mass is 9.98. The summed E-state index contributed by atoms with van der Waals surface area (Å²) in [7, 11) is 0. The number of piperidine rings is 1. The fourth-order valence-corrected chi connectivity index (χ4v) is 2.03. The first kappa shape index (κ1) is 13.0. The Morgan fingerprint density at radius 2 is 2.44 bits per heavy atom. The van der Waals surface area contributed by atoms with E-state index in [1.165, 1.54) is 0 Å². The van der Waals surface area contributed by atoms with Crippen LogP contribution in [0.5, 0.6) is 0 Å². The SMILES string of the molecule is CCCNC(=O)C(C)N1CCCC(C#N)C1. The van der Waals surface area contributed by atoms with Gasteiger partial charge in [0.2, 0.25) is 5.91 Å². The number of hydrogen-bond acceptors (Lipinski definition) is 3. The molecule has 1 saturated heterocycles. The van der Waals surface area contributed by atoms with Gasteiger partial charge in [-0.25, -0.2) is 0 Å². The third-order valence-corrected chi connectivity index (χ3v) is 3.11. The van der Waals surface area contributed by atoms with Gasteiger partial charge in [-0.1, -0.05) is 6.92 Å². The average Bonchev–Trinajstić information content (AvgIpc) is 2.35. The molecule has 1 amide bonds. The van der Waals surface area contributed by atoms with Gasteiger partial charge in [0.1, 0.15) is 0 Å². The summed E-state index contributed by atoms with van der Waals surface area (Å²) < 4.78 is 0.